The molecule has 7 rings (SSSR count). The second kappa shape index (κ2) is 10.8. The minimum absolute atomic E-state index is 0.184. The largest absolute Gasteiger partial charge is 0.351 e. The zero-order valence-corrected chi connectivity index (χ0v) is 23.8. The molecule has 4 aliphatic carbocycles. The summed E-state index contributed by atoms with van der Waals surface area (Å²) < 4.78 is 1.72. The zero-order chi connectivity index (χ0) is 26.4. The number of halogens is 3. The van der Waals surface area contributed by atoms with Gasteiger partial charge in [0.25, 0.3) is 5.91 Å². The molecule has 4 aliphatic rings. The van der Waals surface area contributed by atoms with Crippen LogP contribution in [0, 0.1) is 30.6 Å². The molecule has 0 atom stereocenters. The van der Waals surface area contributed by atoms with Gasteiger partial charge in [-0.1, -0.05) is 46.9 Å². The summed E-state index contributed by atoms with van der Waals surface area (Å²) in [4.78, 5) is 13.3. The number of carbonyl (C=O) groups excluding carboxylic acids is 1. The minimum atomic E-state index is -0.184. The van der Waals surface area contributed by atoms with Gasteiger partial charge in [-0.05, 0) is 106 Å². The fraction of sp³-hybridized carbons (Fsp3) is 0.467. The Balaban J connectivity index is 1.14. The van der Waals surface area contributed by atoms with Crippen molar-refractivity contribution in [3.05, 3.63) is 68.8 Å². The Hall–Kier alpha value is -2.05. The molecule has 0 spiro atoms. The lowest BCUT2D eigenvalue weighted by molar-refractivity contribution is -0.0135. The molecule has 38 heavy (non-hydrogen) atoms. The maximum Gasteiger partial charge on any atom is 0.272 e. The van der Waals surface area contributed by atoms with E-state index in [4.69, 9.17) is 39.9 Å². The molecule has 4 fully saturated rings. The predicted molar refractivity (Wildman–Crippen MR) is 155 cm³/mol. The molecule has 5 nitrogen and oxygen atoms in total. The summed E-state index contributed by atoms with van der Waals surface area (Å²) in [6, 6.07) is 13.4. The SMILES string of the molecule is Cc1c(C(=O)NCCCNC2C3CC4CC(C3)CC2C4)nn(-c2ccc(Cl)cc2Cl)c1-c1ccc(Cl)cc1. The Kier molecular flexibility index (Phi) is 7.47. The summed E-state index contributed by atoms with van der Waals surface area (Å²) in [5, 5.41) is 13.3. The number of hydrogen-bond acceptors (Lipinski definition) is 3. The predicted octanol–water partition coefficient (Wildman–Crippen LogP) is 7.34. The van der Waals surface area contributed by atoms with Gasteiger partial charge < -0.3 is 10.6 Å². The standard InChI is InChI=1S/C30H33Cl3N4O/c1-17-27(30(38)35-10-2-9-34-28-21-12-18-11-19(14-21)15-22(28)13-18)36-37(26-8-7-24(32)16-25(26)33)29(17)20-3-5-23(31)6-4-20/h3-8,16,18-19,21-22,28,34H,2,9-15H2,1H3,(H,35,38). The number of nitrogens with one attached hydrogen (secondary N) is 2. The average Bonchev–Trinajstić information content (AvgIpc) is 3.22. The highest BCUT2D eigenvalue weighted by Gasteiger charge is 2.47. The third-order valence-corrected chi connectivity index (χ3v) is 9.63. The van der Waals surface area contributed by atoms with Crippen LogP contribution in [0.2, 0.25) is 15.1 Å². The number of rotatable bonds is 8. The summed E-state index contributed by atoms with van der Waals surface area (Å²) in [6.45, 7) is 3.45. The van der Waals surface area contributed by atoms with Crippen molar-refractivity contribution in [2.75, 3.05) is 13.1 Å². The van der Waals surface area contributed by atoms with Crippen molar-refractivity contribution in [1.29, 1.82) is 0 Å². The van der Waals surface area contributed by atoms with Crippen molar-refractivity contribution < 1.29 is 4.79 Å². The number of aromatic nitrogens is 2. The highest BCUT2D eigenvalue weighted by atomic mass is 35.5. The Morgan fingerprint density at radius 2 is 1.58 bits per heavy atom. The van der Waals surface area contributed by atoms with Crippen molar-refractivity contribution in [2.45, 2.75) is 51.5 Å². The van der Waals surface area contributed by atoms with Crippen molar-refractivity contribution >= 4 is 40.7 Å². The Labute approximate surface area is 239 Å². The lowest BCUT2D eigenvalue weighted by atomic mass is 9.54. The smallest absolute Gasteiger partial charge is 0.272 e. The van der Waals surface area contributed by atoms with Crippen LogP contribution in [0.3, 0.4) is 0 Å². The number of nitrogens with zero attached hydrogens (tertiary/aromatic N) is 2. The zero-order valence-electron chi connectivity index (χ0n) is 21.5. The highest BCUT2D eigenvalue weighted by molar-refractivity contribution is 6.35. The first-order chi connectivity index (χ1) is 18.4. The van der Waals surface area contributed by atoms with Gasteiger partial charge in [-0.15, -0.1) is 0 Å². The van der Waals surface area contributed by atoms with Crippen LogP contribution in [0.4, 0.5) is 0 Å². The van der Waals surface area contributed by atoms with E-state index in [0.29, 0.717) is 39.0 Å². The van der Waals surface area contributed by atoms with E-state index in [1.54, 1.807) is 16.8 Å². The first-order valence-electron chi connectivity index (χ1n) is 13.7. The summed E-state index contributed by atoms with van der Waals surface area (Å²) in [5.74, 6) is 3.50. The van der Waals surface area contributed by atoms with Crippen LogP contribution in [-0.2, 0) is 0 Å². The second-order valence-electron chi connectivity index (χ2n) is 11.4. The molecule has 0 aliphatic heterocycles. The third-order valence-electron chi connectivity index (χ3n) is 8.84. The normalized spacial score (nSPS) is 25.6. The maximum absolute atomic E-state index is 13.3. The maximum atomic E-state index is 13.3. The summed E-state index contributed by atoms with van der Waals surface area (Å²) in [7, 11) is 0. The molecule has 0 radical (unpaired) electrons. The number of benzene rings is 2. The number of amides is 1. The Morgan fingerprint density at radius 3 is 2.24 bits per heavy atom. The minimum Gasteiger partial charge on any atom is -0.351 e. The molecule has 0 saturated heterocycles. The van der Waals surface area contributed by atoms with E-state index in [-0.39, 0.29) is 5.91 Å². The van der Waals surface area contributed by atoms with Crippen LogP contribution in [0.25, 0.3) is 16.9 Å². The van der Waals surface area contributed by atoms with E-state index in [1.165, 1.54) is 32.1 Å². The van der Waals surface area contributed by atoms with Crippen molar-refractivity contribution in [3.8, 4) is 16.9 Å². The van der Waals surface area contributed by atoms with E-state index < -0.39 is 0 Å². The molecule has 2 N–H and O–H groups in total. The van der Waals surface area contributed by atoms with Crippen molar-refractivity contribution in [1.82, 2.24) is 20.4 Å². The van der Waals surface area contributed by atoms with Gasteiger partial charge in [0.05, 0.1) is 16.4 Å². The van der Waals surface area contributed by atoms with Crippen LogP contribution in [0.5, 0.6) is 0 Å². The lowest BCUT2D eigenvalue weighted by Crippen LogP contribution is -2.54. The van der Waals surface area contributed by atoms with E-state index in [0.717, 1.165) is 53.5 Å². The van der Waals surface area contributed by atoms with E-state index >= 15 is 0 Å². The van der Waals surface area contributed by atoms with Gasteiger partial charge in [-0.25, -0.2) is 4.68 Å². The summed E-state index contributed by atoms with van der Waals surface area (Å²) >= 11 is 18.8. The quantitative estimate of drug-likeness (QED) is 0.278. The van der Waals surface area contributed by atoms with Gasteiger partial charge in [-0.2, -0.15) is 5.10 Å². The van der Waals surface area contributed by atoms with E-state index in [9.17, 15) is 4.79 Å². The first kappa shape index (κ1) is 26.2. The highest BCUT2D eigenvalue weighted by Crippen LogP contribution is 2.53. The third kappa shape index (κ3) is 5.11. The van der Waals surface area contributed by atoms with Crippen molar-refractivity contribution in [2.24, 2.45) is 23.7 Å². The van der Waals surface area contributed by atoms with Gasteiger partial charge in [-0.3, -0.25) is 4.79 Å². The molecular weight excluding hydrogens is 539 g/mol. The molecule has 2 aromatic carbocycles. The molecule has 3 aromatic rings. The van der Waals surface area contributed by atoms with Crippen LogP contribution in [-0.4, -0.2) is 34.8 Å². The average molecular weight is 572 g/mol. The number of carbonyl (C=O) groups is 1. The molecule has 4 saturated carbocycles. The van der Waals surface area contributed by atoms with Gasteiger partial charge in [0, 0.05) is 33.8 Å². The van der Waals surface area contributed by atoms with Crippen LogP contribution in [0.15, 0.2) is 42.5 Å². The summed E-state index contributed by atoms with van der Waals surface area (Å²) in [5.41, 5.74) is 3.50. The van der Waals surface area contributed by atoms with Crippen LogP contribution in [0.1, 0.15) is 54.6 Å². The molecule has 200 valence electrons. The monoisotopic (exact) mass is 570 g/mol. The molecular formula is C30H33Cl3N4O. The second-order valence-corrected chi connectivity index (χ2v) is 12.6. The fourth-order valence-electron chi connectivity index (χ4n) is 7.39. The number of hydrogen-bond donors (Lipinski definition) is 2. The lowest BCUT2D eigenvalue weighted by Gasteiger charge is -2.54. The molecule has 1 heterocycles. The Bertz CT molecular complexity index is 1310. The molecule has 0 unspecified atom stereocenters. The fourth-order valence-corrected chi connectivity index (χ4v) is 8.00. The van der Waals surface area contributed by atoms with Gasteiger partial charge in [0.1, 0.15) is 0 Å². The van der Waals surface area contributed by atoms with Gasteiger partial charge in [0.15, 0.2) is 5.69 Å². The van der Waals surface area contributed by atoms with E-state index in [1.807, 2.05) is 37.3 Å². The molecule has 4 bridgehead atoms. The first-order valence-corrected chi connectivity index (χ1v) is 14.8. The molecule has 1 aromatic heterocycles. The van der Waals surface area contributed by atoms with Crippen molar-refractivity contribution in [3.63, 3.8) is 0 Å². The van der Waals surface area contributed by atoms with E-state index in [2.05, 4.69) is 10.6 Å². The molecule has 1 amide bonds. The van der Waals surface area contributed by atoms with Gasteiger partial charge >= 0.3 is 0 Å². The van der Waals surface area contributed by atoms with Gasteiger partial charge in [0.2, 0.25) is 0 Å². The molecule has 8 heteroatoms. The van der Waals surface area contributed by atoms with Crippen LogP contribution < -0.4 is 10.6 Å². The summed E-state index contributed by atoms with van der Waals surface area (Å²) in [6.07, 6.45) is 8.02. The van der Waals surface area contributed by atoms with Crippen LogP contribution >= 0.6 is 34.8 Å². The Morgan fingerprint density at radius 1 is 0.921 bits per heavy atom. The topological polar surface area (TPSA) is 59.0 Å².